The lowest BCUT2D eigenvalue weighted by Crippen LogP contribution is -2.36. The monoisotopic (exact) mass is 418 g/mol. The molecule has 3 aliphatic rings. The number of hydrogen-bond acceptors (Lipinski definition) is 3. The van der Waals surface area contributed by atoms with Crippen molar-refractivity contribution in [2.24, 2.45) is 29.1 Å². The number of allylic oxidation sites excluding steroid dienone is 3. The first-order valence-corrected chi connectivity index (χ1v) is 12.5. The molecule has 0 aromatic heterocycles. The summed E-state index contributed by atoms with van der Waals surface area (Å²) in [5.74, 6) is 2.48. The summed E-state index contributed by atoms with van der Waals surface area (Å²) in [6, 6.07) is 0. The highest BCUT2D eigenvalue weighted by molar-refractivity contribution is 5.26. The minimum absolute atomic E-state index is 0.333. The number of rotatable bonds is 6. The molecule has 0 bridgehead atoms. The first kappa shape index (κ1) is 24.0. The average Bonchev–Trinajstić information content (AvgIpc) is 3.00. The van der Waals surface area contributed by atoms with E-state index in [2.05, 4.69) is 32.9 Å². The van der Waals surface area contributed by atoms with Gasteiger partial charge in [-0.05, 0) is 101 Å². The molecule has 30 heavy (non-hydrogen) atoms. The predicted molar refractivity (Wildman–Crippen MR) is 124 cm³/mol. The zero-order chi connectivity index (χ0) is 22.1. The molecule has 7 atom stereocenters. The largest absolute Gasteiger partial charge is 0.393 e. The fourth-order valence-electron chi connectivity index (χ4n) is 6.81. The molecule has 3 saturated carbocycles. The first-order chi connectivity index (χ1) is 14.0. The minimum Gasteiger partial charge on any atom is -0.393 e. The van der Waals surface area contributed by atoms with Gasteiger partial charge in [-0.1, -0.05) is 50.5 Å². The summed E-state index contributed by atoms with van der Waals surface area (Å²) in [6.45, 7) is 11.0. The standard InChI is InChI=1S/C27H46O3/c1-18(8-9-19(2)26(3,4)30)24-12-13-25-21(7-6-14-27(24,25)5)11-10-20-15-22(28)17-23(29)16-20/h10-11,18-19,22-25,28-30H,6-9,12-17H2,1-5H3/b21-11+/t18-,19+,22-,23-,24?,25+,27-/m1/s1. The van der Waals surface area contributed by atoms with Crippen molar-refractivity contribution in [2.75, 3.05) is 0 Å². The van der Waals surface area contributed by atoms with Crippen LogP contribution >= 0.6 is 0 Å². The van der Waals surface area contributed by atoms with E-state index in [0.717, 1.165) is 12.3 Å². The minimum atomic E-state index is -0.587. The van der Waals surface area contributed by atoms with Crippen molar-refractivity contribution in [1.82, 2.24) is 0 Å². The molecule has 172 valence electrons. The quantitative estimate of drug-likeness (QED) is 0.512. The fourth-order valence-corrected chi connectivity index (χ4v) is 6.81. The molecule has 3 rings (SSSR count). The third-order valence-corrected chi connectivity index (χ3v) is 9.06. The number of aliphatic hydroxyl groups excluding tert-OH is 2. The van der Waals surface area contributed by atoms with Crippen LogP contribution in [0, 0.1) is 29.1 Å². The Hall–Kier alpha value is -0.640. The van der Waals surface area contributed by atoms with Crippen LogP contribution in [-0.4, -0.2) is 33.1 Å². The molecule has 0 heterocycles. The molecule has 1 unspecified atom stereocenters. The van der Waals surface area contributed by atoms with Crippen molar-refractivity contribution in [3.05, 3.63) is 23.3 Å². The van der Waals surface area contributed by atoms with Gasteiger partial charge in [0.05, 0.1) is 17.8 Å². The summed E-state index contributed by atoms with van der Waals surface area (Å²) >= 11 is 0. The van der Waals surface area contributed by atoms with Crippen LogP contribution in [-0.2, 0) is 0 Å². The maximum atomic E-state index is 10.3. The molecular weight excluding hydrogens is 372 g/mol. The van der Waals surface area contributed by atoms with Crippen molar-refractivity contribution in [3.8, 4) is 0 Å². The zero-order valence-electron chi connectivity index (χ0n) is 20.0. The highest BCUT2D eigenvalue weighted by Crippen LogP contribution is 2.60. The van der Waals surface area contributed by atoms with Crippen molar-refractivity contribution < 1.29 is 15.3 Å². The Balaban J connectivity index is 1.67. The van der Waals surface area contributed by atoms with Crippen LogP contribution in [0.15, 0.2) is 23.3 Å². The Kier molecular flexibility index (Phi) is 7.58. The fraction of sp³-hybridized carbons (Fsp3) is 0.852. The zero-order valence-corrected chi connectivity index (χ0v) is 20.0. The summed E-state index contributed by atoms with van der Waals surface area (Å²) in [5.41, 5.74) is 2.61. The maximum Gasteiger partial charge on any atom is 0.0617 e. The summed E-state index contributed by atoms with van der Waals surface area (Å²) in [7, 11) is 0. The van der Waals surface area contributed by atoms with Gasteiger partial charge in [0.25, 0.3) is 0 Å². The van der Waals surface area contributed by atoms with Gasteiger partial charge in [0, 0.05) is 0 Å². The van der Waals surface area contributed by atoms with E-state index in [4.69, 9.17) is 0 Å². The molecule has 0 spiro atoms. The van der Waals surface area contributed by atoms with E-state index in [0.29, 0.717) is 42.4 Å². The van der Waals surface area contributed by atoms with Crippen molar-refractivity contribution in [1.29, 1.82) is 0 Å². The van der Waals surface area contributed by atoms with E-state index in [1.54, 1.807) is 5.57 Å². The van der Waals surface area contributed by atoms with Crippen LogP contribution in [0.25, 0.3) is 0 Å². The van der Waals surface area contributed by atoms with Gasteiger partial charge in [-0.15, -0.1) is 0 Å². The van der Waals surface area contributed by atoms with Crippen LogP contribution in [0.2, 0.25) is 0 Å². The molecule has 3 N–H and O–H groups in total. The van der Waals surface area contributed by atoms with E-state index in [9.17, 15) is 15.3 Å². The summed E-state index contributed by atoms with van der Waals surface area (Å²) in [4.78, 5) is 0. The molecule has 3 fully saturated rings. The molecule has 3 heteroatoms. The molecule has 0 aromatic carbocycles. The topological polar surface area (TPSA) is 60.7 Å². The second kappa shape index (κ2) is 9.46. The Morgan fingerprint density at radius 2 is 1.73 bits per heavy atom. The van der Waals surface area contributed by atoms with Gasteiger partial charge < -0.3 is 15.3 Å². The molecular formula is C27H46O3. The van der Waals surface area contributed by atoms with Crippen molar-refractivity contribution in [2.45, 2.75) is 117 Å². The van der Waals surface area contributed by atoms with E-state index < -0.39 is 17.8 Å². The number of aliphatic hydroxyl groups is 3. The molecule has 0 aliphatic heterocycles. The third-order valence-electron chi connectivity index (χ3n) is 9.06. The lowest BCUT2D eigenvalue weighted by atomic mass is 9.60. The highest BCUT2D eigenvalue weighted by Gasteiger charge is 2.50. The Morgan fingerprint density at radius 1 is 1.07 bits per heavy atom. The maximum absolute atomic E-state index is 10.3. The molecule has 0 amide bonds. The lowest BCUT2D eigenvalue weighted by molar-refractivity contribution is 0.0150. The first-order valence-electron chi connectivity index (χ1n) is 12.5. The molecule has 0 saturated heterocycles. The highest BCUT2D eigenvalue weighted by atomic mass is 16.3. The van der Waals surface area contributed by atoms with Gasteiger partial charge >= 0.3 is 0 Å². The van der Waals surface area contributed by atoms with Crippen LogP contribution in [0.3, 0.4) is 0 Å². The molecule has 0 aromatic rings. The van der Waals surface area contributed by atoms with E-state index in [1.165, 1.54) is 44.1 Å². The normalized spacial score (nSPS) is 38.4. The van der Waals surface area contributed by atoms with Gasteiger partial charge in [0.15, 0.2) is 0 Å². The summed E-state index contributed by atoms with van der Waals surface area (Å²) in [6.07, 6.45) is 14.5. The van der Waals surface area contributed by atoms with Crippen LogP contribution in [0.5, 0.6) is 0 Å². The third kappa shape index (κ3) is 5.40. The van der Waals surface area contributed by atoms with Gasteiger partial charge in [-0.2, -0.15) is 0 Å². The smallest absolute Gasteiger partial charge is 0.0617 e. The average molecular weight is 419 g/mol. The van der Waals surface area contributed by atoms with Gasteiger partial charge in [-0.3, -0.25) is 0 Å². The SMILES string of the molecule is C[C@H](CC[C@H](C)C(C)(C)O)C1CC[C@H]2/C(=C/C=C3C[C@@H](O)C[C@H](O)C3)CCC[C@]12C. The summed E-state index contributed by atoms with van der Waals surface area (Å²) < 4.78 is 0. The van der Waals surface area contributed by atoms with E-state index in [1.807, 2.05) is 13.8 Å². The van der Waals surface area contributed by atoms with Gasteiger partial charge in [0.2, 0.25) is 0 Å². The Labute approximate surface area is 184 Å². The Bertz CT molecular complexity index is 631. The number of fused-ring (bicyclic) bond motifs is 1. The second-order valence-corrected chi connectivity index (χ2v) is 11.7. The summed E-state index contributed by atoms with van der Waals surface area (Å²) in [5, 5.41) is 30.2. The second-order valence-electron chi connectivity index (χ2n) is 11.7. The van der Waals surface area contributed by atoms with Crippen LogP contribution in [0.4, 0.5) is 0 Å². The molecule has 3 aliphatic carbocycles. The van der Waals surface area contributed by atoms with Crippen LogP contribution in [0.1, 0.15) is 98.8 Å². The molecule has 0 radical (unpaired) electrons. The number of hydrogen-bond donors (Lipinski definition) is 3. The van der Waals surface area contributed by atoms with Gasteiger partial charge in [0.1, 0.15) is 0 Å². The van der Waals surface area contributed by atoms with Gasteiger partial charge in [-0.25, -0.2) is 0 Å². The van der Waals surface area contributed by atoms with E-state index in [-0.39, 0.29) is 0 Å². The van der Waals surface area contributed by atoms with Crippen molar-refractivity contribution >= 4 is 0 Å². The van der Waals surface area contributed by atoms with Crippen molar-refractivity contribution in [3.63, 3.8) is 0 Å². The molecule has 3 nitrogen and oxygen atoms in total. The lowest BCUT2D eigenvalue weighted by Gasteiger charge is -2.44. The predicted octanol–water partition coefficient (Wildman–Crippen LogP) is 5.78. The Morgan fingerprint density at radius 3 is 2.37 bits per heavy atom. The van der Waals surface area contributed by atoms with E-state index >= 15 is 0 Å². The van der Waals surface area contributed by atoms with Crippen LogP contribution < -0.4 is 0 Å².